The van der Waals surface area contributed by atoms with Gasteiger partial charge in [-0.2, -0.15) is 0 Å². The molecule has 0 amide bonds. The molecule has 0 aromatic heterocycles. The van der Waals surface area contributed by atoms with Crippen LogP contribution in [0.4, 0.5) is 0 Å². The van der Waals surface area contributed by atoms with Gasteiger partial charge in [0, 0.05) is 13.0 Å². The van der Waals surface area contributed by atoms with Gasteiger partial charge in [-0.3, -0.25) is 9.59 Å². The summed E-state index contributed by atoms with van der Waals surface area (Å²) in [6, 6.07) is -0.542. The highest BCUT2D eigenvalue weighted by molar-refractivity contribution is 5.73. The van der Waals surface area contributed by atoms with E-state index in [-0.39, 0.29) is 6.54 Å². The number of hydrogen-bond acceptors (Lipinski definition) is 5. The lowest BCUT2D eigenvalue weighted by Gasteiger charge is -1.99. The summed E-state index contributed by atoms with van der Waals surface area (Å²) >= 11 is 0. The minimum atomic E-state index is -0.883. The van der Waals surface area contributed by atoms with E-state index in [0.29, 0.717) is 13.0 Å². The summed E-state index contributed by atoms with van der Waals surface area (Å²) < 4.78 is 0. The first-order valence-electron chi connectivity index (χ1n) is 4.48. The van der Waals surface area contributed by atoms with Crippen LogP contribution in [0.1, 0.15) is 6.42 Å². The Morgan fingerprint density at radius 3 is 2.20 bits per heavy atom. The number of rotatable bonds is 3. The van der Waals surface area contributed by atoms with Gasteiger partial charge < -0.3 is 26.0 Å². The third kappa shape index (κ3) is 6.83. The van der Waals surface area contributed by atoms with Gasteiger partial charge in [-0.05, 0) is 7.05 Å². The van der Waals surface area contributed by atoms with E-state index in [2.05, 4.69) is 10.6 Å². The molecule has 0 spiro atoms. The number of carboxylic acids is 2. The maximum Gasteiger partial charge on any atom is 0.320 e. The number of aliphatic hydroxyl groups is 1. The van der Waals surface area contributed by atoms with Gasteiger partial charge in [0.2, 0.25) is 0 Å². The molecular formula is C8H16N2O5. The molecule has 1 heterocycles. The molecule has 0 bridgehead atoms. The van der Waals surface area contributed by atoms with Crippen molar-refractivity contribution in [2.45, 2.75) is 18.6 Å². The molecule has 1 aliphatic rings. The molecule has 1 fully saturated rings. The average molecular weight is 220 g/mol. The summed E-state index contributed by atoms with van der Waals surface area (Å²) in [5.74, 6) is -1.70. The summed E-state index contributed by atoms with van der Waals surface area (Å²) in [5.41, 5.74) is 0. The molecule has 0 radical (unpaired) electrons. The molecule has 0 aromatic rings. The Kier molecular flexibility index (Phi) is 6.59. The Morgan fingerprint density at radius 2 is 2.07 bits per heavy atom. The first-order chi connectivity index (χ1) is 6.97. The minimum Gasteiger partial charge on any atom is -0.480 e. The molecule has 0 aliphatic carbocycles. The van der Waals surface area contributed by atoms with Crippen LogP contribution in [-0.2, 0) is 9.59 Å². The van der Waals surface area contributed by atoms with Crippen LogP contribution in [0.25, 0.3) is 0 Å². The fourth-order valence-electron chi connectivity index (χ4n) is 1.06. The number of β-amino-alcohol motifs (C(OH)–C–C–N with tert-alkyl or cyclic N) is 1. The third-order valence-electron chi connectivity index (χ3n) is 1.73. The largest absolute Gasteiger partial charge is 0.480 e. The van der Waals surface area contributed by atoms with Crippen molar-refractivity contribution in [2.75, 3.05) is 20.1 Å². The zero-order valence-corrected chi connectivity index (χ0v) is 8.43. The molecule has 0 aromatic carbocycles. The molecule has 1 saturated heterocycles. The second-order valence-corrected chi connectivity index (χ2v) is 3.11. The zero-order valence-electron chi connectivity index (χ0n) is 8.43. The summed E-state index contributed by atoms with van der Waals surface area (Å²) in [7, 11) is 1.59. The zero-order chi connectivity index (χ0) is 11.8. The number of nitrogens with one attached hydrogen (secondary N) is 2. The van der Waals surface area contributed by atoms with Crippen LogP contribution in [0.15, 0.2) is 0 Å². The highest BCUT2D eigenvalue weighted by Gasteiger charge is 2.27. The molecule has 7 nitrogen and oxygen atoms in total. The fraction of sp³-hybridized carbons (Fsp3) is 0.750. The molecular weight excluding hydrogens is 204 g/mol. The van der Waals surface area contributed by atoms with Crippen molar-refractivity contribution < 1.29 is 24.9 Å². The summed E-state index contributed by atoms with van der Waals surface area (Å²) in [4.78, 5) is 19.7. The smallest absolute Gasteiger partial charge is 0.320 e. The maximum atomic E-state index is 10.2. The van der Waals surface area contributed by atoms with Crippen LogP contribution in [-0.4, -0.2) is 59.5 Å². The second kappa shape index (κ2) is 7.16. The fourth-order valence-corrected chi connectivity index (χ4v) is 1.06. The van der Waals surface area contributed by atoms with Gasteiger partial charge in [-0.1, -0.05) is 0 Å². The van der Waals surface area contributed by atoms with Crippen molar-refractivity contribution >= 4 is 11.9 Å². The standard InChI is InChI=1S/C5H9NO3.C3H7NO2/c7-3-1-4(5(8)9)6-2-3;1-4-2-3(5)6/h3-4,6-7H,1-2H2,(H,8,9);4H,2H2,1H3,(H,5,6)/t3-,4+;/m1./s1. The third-order valence-corrected chi connectivity index (χ3v) is 1.73. The summed E-state index contributed by atoms with van der Waals surface area (Å²) in [6.45, 7) is 0.441. The number of carboxylic acid groups (broad SMARTS) is 2. The van der Waals surface area contributed by atoms with E-state index in [1.807, 2.05) is 0 Å². The van der Waals surface area contributed by atoms with Gasteiger partial charge >= 0.3 is 11.9 Å². The number of aliphatic carboxylic acids is 2. The second-order valence-electron chi connectivity index (χ2n) is 3.11. The van der Waals surface area contributed by atoms with Gasteiger partial charge in [0.1, 0.15) is 6.04 Å². The monoisotopic (exact) mass is 220 g/mol. The average Bonchev–Trinajstić information content (AvgIpc) is 2.52. The SMILES string of the molecule is CNCC(=O)O.O=C(O)[C@@H]1C[C@@H](O)CN1. The predicted molar refractivity (Wildman–Crippen MR) is 51.6 cm³/mol. The molecule has 1 rings (SSSR count). The van der Waals surface area contributed by atoms with Crippen LogP contribution >= 0.6 is 0 Å². The normalized spacial score (nSPS) is 24.1. The van der Waals surface area contributed by atoms with Crippen LogP contribution in [0.5, 0.6) is 0 Å². The van der Waals surface area contributed by atoms with Crippen LogP contribution in [0.3, 0.4) is 0 Å². The molecule has 7 heteroatoms. The molecule has 15 heavy (non-hydrogen) atoms. The molecule has 88 valence electrons. The molecule has 2 atom stereocenters. The van der Waals surface area contributed by atoms with Gasteiger partial charge in [-0.25, -0.2) is 0 Å². The van der Waals surface area contributed by atoms with E-state index in [1.54, 1.807) is 7.05 Å². The topological polar surface area (TPSA) is 119 Å². The number of carbonyl (C=O) groups is 2. The first-order valence-corrected chi connectivity index (χ1v) is 4.48. The molecule has 0 saturated carbocycles. The molecule has 0 unspecified atom stereocenters. The van der Waals surface area contributed by atoms with Crippen molar-refractivity contribution in [1.82, 2.24) is 10.6 Å². The van der Waals surface area contributed by atoms with E-state index in [0.717, 1.165) is 0 Å². The Bertz CT molecular complexity index is 221. The van der Waals surface area contributed by atoms with Crippen LogP contribution < -0.4 is 10.6 Å². The number of hydrogen-bond donors (Lipinski definition) is 5. The van der Waals surface area contributed by atoms with Gasteiger partial charge in [0.15, 0.2) is 0 Å². The van der Waals surface area contributed by atoms with Crippen molar-refractivity contribution in [3.63, 3.8) is 0 Å². The van der Waals surface area contributed by atoms with E-state index in [1.165, 1.54) is 0 Å². The van der Waals surface area contributed by atoms with E-state index in [4.69, 9.17) is 15.3 Å². The van der Waals surface area contributed by atoms with Crippen LogP contribution in [0.2, 0.25) is 0 Å². The minimum absolute atomic E-state index is 0.0417. The number of likely N-dealkylation sites (N-methyl/N-ethyl adjacent to an activating group) is 1. The van der Waals surface area contributed by atoms with Gasteiger partial charge in [-0.15, -0.1) is 0 Å². The Hall–Kier alpha value is -1.18. The van der Waals surface area contributed by atoms with Gasteiger partial charge in [0.25, 0.3) is 0 Å². The Morgan fingerprint density at radius 1 is 1.47 bits per heavy atom. The lowest BCUT2D eigenvalue weighted by molar-refractivity contribution is -0.139. The predicted octanol–water partition coefficient (Wildman–Crippen LogP) is -1.92. The van der Waals surface area contributed by atoms with Crippen molar-refractivity contribution in [3.05, 3.63) is 0 Å². The molecule has 5 N–H and O–H groups in total. The quantitative estimate of drug-likeness (QED) is 0.376. The van der Waals surface area contributed by atoms with E-state index >= 15 is 0 Å². The van der Waals surface area contributed by atoms with E-state index < -0.39 is 24.1 Å². The highest BCUT2D eigenvalue weighted by atomic mass is 16.4. The Labute approximate surface area is 87.1 Å². The summed E-state index contributed by atoms with van der Waals surface area (Å²) in [5, 5.41) is 30.2. The van der Waals surface area contributed by atoms with Gasteiger partial charge in [0.05, 0.1) is 12.6 Å². The Balaban J connectivity index is 0.000000288. The highest BCUT2D eigenvalue weighted by Crippen LogP contribution is 2.05. The van der Waals surface area contributed by atoms with Crippen molar-refractivity contribution in [1.29, 1.82) is 0 Å². The maximum absolute atomic E-state index is 10.2. The first kappa shape index (κ1) is 13.8. The number of aliphatic hydroxyl groups excluding tert-OH is 1. The van der Waals surface area contributed by atoms with Crippen LogP contribution in [0, 0.1) is 0 Å². The van der Waals surface area contributed by atoms with Crippen molar-refractivity contribution in [3.8, 4) is 0 Å². The lowest BCUT2D eigenvalue weighted by atomic mass is 10.2. The van der Waals surface area contributed by atoms with Crippen molar-refractivity contribution in [2.24, 2.45) is 0 Å². The summed E-state index contributed by atoms with van der Waals surface area (Å²) in [6.07, 6.45) is -0.152. The van der Waals surface area contributed by atoms with E-state index in [9.17, 15) is 9.59 Å². The molecule has 1 aliphatic heterocycles. The lowest BCUT2D eigenvalue weighted by Crippen LogP contribution is -2.29.